The molecule has 0 radical (unpaired) electrons. The van der Waals surface area contributed by atoms with Gasteiger partial charge in [0.1, 0.15) is 6.61 Å². The van der Waals surface area contributed by atoms with Crippen molar-refractivity contribution in [1.29, 1.82) is 0 Å². The Morgan fingerprint density at radius 1 is 0.821 bits per heavy atom. The SMILES string of the molecule is CCOc1cc(C(=O)Nc2ccc(C)cc2)ccc1OCc1ccc(C)cc1. The van der Waals surface area contributed by atoms with E-state index in [1.165, 1.54) is 5.56 Å². The molecule has 0 bridgehead atoms. The van der Waals surface area contributed by atoms with E-state index in [4.69, 9.17) is 9.47 Å². The number of hydrogen-bond acceptors (Lipinski definition) is 3. The van der Waals surface area contributed by atoms with Crippen LogP contribution < -0.4 is 14.8 Å². The first-order chi connectivity index (χ1) is 13.5. The van der Waals surface area contributed by atoms with Gasteiger partial charge in [0.15, 0.2) is 11.5 Å². The van der Waals surface area contributed by atoms with E-state index in [-0.39, 0.29) is 5.91 Å². The van der Waals surface area contributed by atoms with Crippen LogP contribution in [0.4, 0.5) is 5.69 Å². The van der Waals surface area contributed by atoms with Gasteiger partial charge in [0.2, 0.25) is 0 Å². The Morgan fingerprint density at radius 2 is 1.46 bits per heavy atom. The molecule has 4 heteroatoms. The molecule has 0 aliphatic heterocycles. The largest absolute Gasteiger partial charge is 0.490 e. The van der Waals surface area contributed by atoms with Gasteiger partial charge in [-0.05, 0) is 56.7 Å². The summed E-state index contributed by atoms with van der Waals surface area (Å²) in [6, 6.07) is 21.1. The fourth-order valence-electron chi connectivity index (χ4n) is 2.72. The maximum absolute atomic E-state index is 12.6. The molecule has 3 rings (SSSR count). The standard InChI is InChI=1S/C24H25NO3/c1-4-27-23-15-20(24(26)25-21-12-7-18(3)8-13-21)11-14-22(23)28-16-19-9-5-17(2)6-10-19/h5-15H,4,16H2,1-3H3,(H,25,26). The lowest BCUT2D eigenvalue weighted by atomic mass is 10.1. The zero-order valence-corrected chi connectivity index (χ0v) is 16.5. The first kappa shape index (κ1) is 19.5. The van der Waals surface area contributed by atoms with Crippen molar-refractivity contribution in [2.75, 3.05) is 11.9 Å². The predicted molar refractivity (Wildman–Crippen MR) is 112 cm³/mol. The smallest absolute Gasteiger partial charge is 0.255 e. The monoisotopic (exact) mass is 375 g/mol. The molecule has 0 aliphatic rings. The summed E-state index contributed by atoms with van der Waals surface area (Å²) in [6.45, 7) is 6.90. The van der Waals surface area contributed by atoms with Gasteiger partial charge < -0.3 is 14.8 Å². The van der Waals surface area contributed by atoms with Crippen molar-refractivity contribution in [2.24, 2.45) is 0 Å². The van der Waals surface area contributed by atoms with Gasteiger partial charge in [-0.1, -0.05) is 47.5 Å². The van der Waals surface area contributed by atoms with Gasteiger partial charge in [0.25, 0.3) is 5.91 Å². The number of amides is 1. The van der Waals surface area contributed by atoms with Gasteiger partial charge in [-0.3, -0.25) is 4.79 Å². The topological polar surface area (TPSA) is 47.6 Å². The molecule has 144 valence electrons. The van der Waals surface area contributed by atoms with E-state index < -0.39 is 0 Å². The molecule has 0 atom stereocenters. The van der Waals surface area contributed by atoms with E-state index >= 15 is 0 Å². The van der Waals surface area contributed by atoms with Crippen LogP contribution in [0.2, 0.25) is 0 Å². The van der Waals surface area contributed by atoms with Crippen molar-refractivity contribution < 1.29 is 14.3 Å². The minimum atomic E-state index is -0.185. The quantitative estimate of drug-likeness (QED) is 0.590. The van der Waals surface area contributed by atoms with Crippen molar-refractivity contribution in [1.82, 2.24) is 0 Å². The molecular weight excluding hydrogens is 350 g/mol. The molecule has 0 heterocycles. The second-order valence-corrected chi connectivity index (χ2v) is 6.69. The summed E-state index contributed by atoms with van der Waals surface area (Å²) in [5, 5.41) is 2.90. The second kappa shape index (κ2) is 9.09. The lowest BCUT2D eigenvalue weighted by Gasteiger charge is -2.14. The third-order valence-corrected chi connectivity index (χ3v) is 4.33. The summed E-state index contributed by atoms with van der Waals surface area (Å²) in [4.78, 5) is 12.6. The number of rotatable bonds is 7. The maximum Gasteiger partial charge on any atom is 0.255 e. The summed E-state index contributed by atoms with van der Waals surface area (Å²) in [5.74, 6) is 0.996. The summed E-state index contributed by atoms with van der Waals surface area (Å²) >= 11 is 0. The molecule has 4 nitrogen and oxygen atoms in total. The number of carbonyl (C=O) groups is 1. The summed E-state index contributed by atoms with van der Waals surface area (Å²) in [6.07, 6.45) is 0. The van der Waals surface area contributed by atoms with Crippen LogP contribution in [0.1, 0.15) is 34.0 Å². The van der Waals surface area contributed by atoms with Crippen LogP contribution in [0.25, 0.3) is 0 Å². The number of anilines is 1. The fourth-order valence-corrected chi connectivity index (χ4v) is 2.72. The average molecular weight is 375 g/mol. The van der Waals surface area contributed by atoms with Crippen LogP contribution >= 0.6 is 0 Å². The van der Waals surface area contributed by atoms with Crippen LogP contribution in [-0.4, -0.2) is 12.5 Å². The molecule has 3 aromatic rings. The van der Waals surface area contributed by atoms with Crippen LogP contribution in [0.5, 0.6) is 11.5 Å². The summed E-state index contributed by atoms with van der Waals surface area (Å²) < 4.78 is 11.6. The van der Waals surface area contributed by atoms with Crippen LogP contribution in [-0.2, 0) is 6.61 Å². The molecule has 0 unspecified atom stereocenters. The highest BCUT2D eigenvalue weighted by Gasteiger charge is 2.12. The number of aryl methyl sites for hydroxylation is 2. The van der Waals surface area contributed by atoms with E-state index in [9.17, 15) is 4.79 Å². The van der Waals surface area contributed by atoms with Crippen LogP contribution in [0.3, 0.4) is 0 Å². The molecule has 0 aromatic heterocycles. The molecule has 0 aliphatic carbocycles. The summed E-state index contributed by atoms with van der Waals surface area (Å²) in [5.41, 5.74) is 4.71. The van der Waals surface area contributed by atoms with Crippen molar-refractivity contribution in [3.63, 3.8) is 0 Å². The molecular formula is C24H25NO3. The Balaban J connectivity index is 1.73. The van der Waals surface area contributed by atoms with Gasteiger partial charge in [-0.2, -0.15) is 0 Å². The third kappa shape index (κ3) is 5.13. The number of ether oxygens (including phenoxy) is 2. The van der Waals surface area contributed by atoms with Gasteiger partial charge >= 0.3 is 0 Å². The molecule has 3 aromatic carbocycles. The Labute approximate surface area is 166 Å². The lowest BCUT2D eigenvalue weighted by molar-refractivity contribution is 0.102. The Bertz CT molecular complexity index is 931. The molecule has 28 heavy (non-hydrogen) atoms. The van der Waals surface area contributed by atoms with E-state index in [0.29, 0.717) is 30.3 Å². The highest BCUT2D eigenvalue weighted by Crippen LogP contribution is 2.29. The first-order valence-corrected chi connectivity index (χ1v) is 9.38. The number of carbonyl (C=O) groups excluding carboxylic acids is 1. The highest BCUT2D eigenvalue weighted by atomic mass is 16.5. The third-order valence-electron chi connectivity index (χ3n) is 4.33. The minimum Gasteiger partial charge on any atom is -0.490 e. The van der Waals surface area contributed by atoms with Crippen LogP contribution in [0.15, 0.2) is 66.7 Å². The number of hydrogen-bond donors (Lipinski definition) is 1. The molecule has 0 saturated carbocycles. The van der Waals surface area contributed by atoms with Crippen molar-refractivity contribution >= 4 is 11.6 Å². The van der Waals surface area contributed by atoms with Gasteiger partial charge in [-0.25, -0.2) is 0 Å². The van der Waals surface area contributed by atoms with Crippen molar-refractivity contribution in [2.45, 2.75) is 27.4 Å². The Kier molecular flexibility index (Phi) is 6.33. The molecule has 0 spiro atoms. The molecule has 0 saturated heterocycles. The molecule has 1 N–H and O–H groups in total. The van der Waals surface area contributed by atoms with E-state index in [0.717, 1.165) is 16.8 Å². The normalized spacial score (nSPS) is 10.4. The van der Waals surface area contributed by atoms with E-state index in [2.05, 4.69) is 24.4 Å². The Morgan fingerprint density at radius 3 is 2.11 bits per heavy atom. The molecule has 0 fully saturated rings. The first-order valence-electron chi connectivity index (χ1n) is 9.38. The highest BCUT2D eigenvalue weighted by molar-refractivity contribution is 6.04. The maximum atomic E-state index is 12.6. The van der Waals surface area contributed by atoms with E-state index in [1.54, 1.807) is 18.2 Å². The predicted octanol–water partition coefficient (Wildman–Crippen LogP) is 5.53. The van der Waals surface area contributed by atoms with Gasteiger partial charge in [0, 0.05) is 11.3 Å². The fraction of sp³-hybridized carbons (Fsp3) is 0.208. The average Bonchev–Trinajstić information content (AvgIpc) is 2.70. The minimum absolute atomic E-state index is 0.185. The number of benzene rings is 3. The van der Waals surface area contributed by atoms with Crippen molar-refractivity contribution in [3.05, 3.63) is 89.0 Å². The van der Waals surface area contributed by atoms with Crippen molar-refractivity contribution in [3.8, 4) is 11.5 Å². The van der Waals surface area contributed by atoms with Gasteiger partial charge in [0.05, 0.1) is 6.61 Å². The van der Waals surface area contributed by atoms with Gasteiger partial charge in [-0.15, -0.1) is 0 Å². The molecule has 1 amide bonds. The summed E-state index contributed by atoms with van der Waals surface area (Å²) in [7, 11) is 0. The lowest BCUT2D eigenvalue weighted by Crippen LogP contribution is -2.12. The van der Waals surface area contributed by atoms with Crippen LogP contribution in [0, 0.1) is 13.8 Å². The van der Waals surface area contributed by atoms with E-state index in [1.807, 2.05) is 50.2 Å². The zero-order valence-electron chi connectivity index (χ0n) is 16.5. The Hall–Kier alpha value is -3.27. The zero-order chi connectivity index (χ0) is 19.9. The number of nitrogens with one attached hydrogen (secondary N) is 1. The second-order valence-electron chi connectivity index (χ2n) is 6.69.